The first-order valence-corrected chi connectivity index (χ1v) is 9.47. The van der Waals surface area contributed by atoms with E-state index in [-0.39, 0.29) is 12.4 Å². The third-order valence-corrected chi connectivity index (χ3v) is 4.79. The Bertz CT molecular complexity index is 843. The highest BCUT2D eigenvalue weighted by atomic mass is 16.6. The molecule has 1 saturated heterocycles. The molecule has 30 heavy (non-hydrogen) atoms. The topological polar surface area (TPSA) is 156 Å². The molecule has 0 saturated carbocycles. The lowest BCUT2D eigenvalue weighted by molar-refractivity contribution is -0.254. The normalized spacial score (nSPS) is 26.4. The maximum Gasteiger partial charge on any atom is 0.305 e. The minimum atomic E-state index is -1.50. The van der Waals surface area contributed by atoms with Gasteiger partial charge in [-0.15, -0.1) is 5.10 Å². The van der Waals surface area contributed by atoms with Gasteiger partial charge in [0, 0.05) is 12.0 Å². The molecular weight excluding hydrogens is 398 g/mol. The monoisotopic (exact) mass is 423 g/mol. The zero-order chi connectivity index (χ0) is 21.7. The minimum absolute atomic E-state index is 0.267. The standard InChI is InChI=1S/C19H25N3O8/c1-28-15(24)6-3-7-29-12-5-2-4-11(8-12)13-9-22(21-20-13)19-18(27)17(26)16(25)14(10-23)30-19/h2,4-5,8-9,14,16-19,23,25-27H,3,6-7,10H2,1H3/t14-,16-,17+,18+,19+/m1/s1. The Kier molecular flexibility index (Phi) is 7.34. The molecule has 1 aromatic carbocycles. The third kappa shape index (κ3) is 4.94. The SMILES string of the molecule is COC(=O)CCCOc1cccc(-c2cn([C@H]3O[C@H](CO)[C@@H](O)[C@H](O)[C@@H]3O)nn2)c1. The molecule has 3 rings (SSSR count). The van der Waals surface area contributed by atoms with Crippen molar-refractivity contribution in [2.45, 2.75) is 43.5 Å². The fourth-order valence-electron chi connectivity index (χ4n) is 3.09. The molecule has 0 radical (unpaired) electrons. The van der Waals surface area contributed by atoms with Crippen molar-refractivity contribution in [1.82, 2.24) is 15.0 Å². The van der Waals surface area contributed by atoms with Crippen molar-refractivity contribution in [1.29, 1.82) is 0 Å². The number of hydrogen-bond acceptors (Lipinski definition) is 10. The van der Waals surface area contributed by atoms with E-state index >= 15 is 0 Å². The van der Waals surface area contributed by atoms with Crippen molar-refractivity contribution in [2.75, 3.05) is 20.3 Å². The summed E-state index contributed by atoms with van der Waals surface area (Å²) in [7, 11) is 1.34. The number of hydrogen-bond donors (Lipinski definition) is 4. The first kappa shape index (κ1) is 22.1. The molecule has 0 bridgehead atoms. The van der Waals surface area contributed by atoms with E-state index in [2.05, 4.69) is 15.0 Å². The van der Waals surface area contributed by atoms with Crippen LogP contribution < -0.4 is 4.74 Å². The first-order chi connectivity index (χ1) is 14.4. The molecular formula is C19H25N3O8. The number of esters is 1. The molecule has 11 nitrogen and oxygen atoms in total. The summed E-state index contributed by atoms with van der Waals surface area (Å²) >= 11 is 0. The van der Waals surface area contributed by atoms with Crippen LogP contribution in [-0.4, -0.2) is 86.1 Å². The highest BCUT2D eigenvalue weighted by Crippen LogP contribution is 2.29. The fourth-order valence-corrected chi connectivity index (χ4v) is 3.09. The van der Waals surface area contributed by atoms with Crippen LogP contribution in [0.3, 0.4) is 0 Å². The van der Waals surface area contributed by atoms with Crippen LogP contribution in [0.2, 0.25) is 0 Å². The zero-order valence-electron chi connectivity index (χ0n) is 16.4. The number of aliphatic hydroxyl groups excluding tert-OH is 4. The van der Waals surface area contributed by atoms with Gasteiger partial charge in [0.05, 0.1) is 26.5 Å². The summed E-state index contributed by atoms with van der Waals surface area (Å²) in [6.45, 7) is -0.186. The highest BCUT2D eigenvalue weighted by molar-refractivity contribution is 5.69. The van der Waals surface area contributed by atoms with Crippen LogP contribution in [0.15, 0.2) is 30.5 Å². The van der Waals surface area contributed by atoms with Gasteiger partial charge >= 0.3 is 5.97 Å². The summed E-state index contributed by atoms with van der Waals surface area (Å²) in [5, 5.41) is 47.4. The number of ether oxygens (including phenoxy) is 3. The molecule has 0 amide bonds. The highest BCUT2D eigenvalue weighted by Gasteiger charge is 2.44. The lowest BCUT2D eigenvalue weighted by Crippen LogP contribution is -2.56. The van der Waals surface area contributed by atoms with E-state index in [9.17, 15) is 25.2 Å². The van der Waals surface area contributed by atoms with Crippen LogP contribution in [0.25, 0.3) is 11.3 Å². The van der Waals surface area contributed by atoms with Gasteiger partial charge in [-0.3, -0.25) is 4.79 Å². The molecule has 2 aromatic rings. The van der Waals surface area contributed by atoms with Crippen LogP contribution in [0.5, 0.6) is 5.75 Å². The average molecular weight is 423 g/mol. The Morgan fingerprint density at radius 3 is 2.77 bits per heavy atom. The first-order valence-electron chi connectivity index (χ1n) is 9.47. The van der Waals surface area contributed by atoms with Crippen LogP contribution in [0, 0.1) is 0 Å². The molecule has 1 fully saturated rings. The Labute approximate surface area is 172 Å². The van der Waals surface area contributed by atoms with Crippen molar-refractivity contribution < 1.29 is 39.4 Å². The van der Waals surface area contributed by atoms with Gasteiger partial charge in [0.1, 0.15) is 35.9 Å². The summed E-state index contributed by atoms with van der Waals surface area (Å²) in [5.74, 6) is 0.289. The molecule has 2 heterocycles. The van der Waals surface area contributed by atoms with Gasteiger partial charge in [0.15, 0.2) is 6.23 Å². The Balaban J connectivity index is 1.68. The smallest absolute Gasteiger partial charge is 0.305 e. The predicted molar refractivity (Wildman–Crippen MR) is 101 cm³/mol. The third-order valence-electron chi connectivity index (χ3n) is 4.79. The van der Waals surface area contributed by atoms with Crippen molar-refractivity contribution in [3.63, 3.8) is 0 Å². The summed E-state index contributed by atoms with van der Waals surface area (Å²) < 4.78 is 16.9. The molecule has 0 spiro atoms. The van der Waals surface area contributed by atoms with E-state index in [1.165, 1.54) is 18.0 Å². The van der Waals surface area contributed by atoms with E-state index < -0.39 is 37.3 Å². The van der Waals surface area contributed by atoms with Gasteiger partial charge in [0.25, 0.3) is 0 Å². The lowest BCUT2D eigenvalue weighted by atomic mass is 9.98. The van der Waals surface area contributed by atoms with Crippen molar-refractivity contribution in [3.05, 3.63) is 30.5 Å². The van der Waals surface area contributed by atoms with Crippen LogP contribution in [0.1, 0.15) is 19.1 Å². The second kappa shape index (κ2) is 9.96. The number of carbonyl (C=O) groups is 1. The molecule has 1 aliphatic rings. The number of benzene rings is 1. The number of methoxy groups -OCH3 is 1. The molecule has 164 valence electrons. The Morgan fingerprint density at radius 2 is 2.03 bits per heavy atom. The fraction of sp³-hybridized carbons (Fsp3) is 0.526. The number of aromatic nitrogens is 3. The van der Waals surface area contributed by atoms with Gasteiger partial charge in [-0.25, -0.2) is 4.68 Å². The van der Waals surface area contributed by atoms with Crippen molar-refractivity contribution >= 4 is 5.97 Å². The van der Waals surface area contributed by atoms with Crippen LogP contribution in [-0.2, 0) is 14.3 Å². The second-order valence-electron chi connectivity index (χ2n) is 6.86. The minimum Gasteiger partial charge on any atom is -0.494 e. The van der Waals surface area contributed by atoms with Gasteiger partial charge < -0.3 is 34.6 Å². The zero-order valence-corrected chi connectivity index (χ0v) is 16.4. The largest absolute Gasteiger partial charge is 0.494 e. The quantitative estimate of drug-likeness (QED) is 0.315. The molecule has 0 unspecified atom stereocenters. The molecule has 1 aliphatic heterocycles. The summed E-state index contributed by atoms with van der Waals surface area (Å²) in [6.07, 6.45) is -4.27. The van der Waals surface area contributed by atoms with Gasteiger partial charge in [-0.05, 0) is 18.6 Å². The number of carbonyl (C=O) groups excluding carboxylic acids is 1. The van der Waals surface area contributed by atoms with E-state index in [0.29, 0.717) is 30.0 Å². The molecule has 5 atom stereocenters. The number of nitrogens with zero attached hydrogens (tertiary/aromatic N) is 3. The van der Waals surface area contributed by atoms with E-state index in [1.54, 1.807) is 24.3 Å². The predicted octanol–water partition coefficient (Wildman–Crippen LogP) is -0.751. The van der Waals surface area contributed by atoms with Crippen LogP contribution in [0.4, 0.5) is 0 Å². The summed E-state index contributed by atoms with van der Waals surface area (Å²) in [5.41, 5.74) is 1.16. The van der Waals surface area contributed by atoms with Crippen molar-refractivity contribution in [2.24, 2.45) is 0 Å². The Morgan fingerprint density at radius 1 is 1.23 bits per heavy atom. The van der Waals surface area contributed by atoms with Crippen molar-refractivity contribution in [3.8, 4) is 17.0 Å². The summed E-state index contributed by atoms with van der Waals surface area (Å²) in [6, 6.07) is 7.09. The van der Waals surface area contributed by atoms with Gasteiger partial charge in [-0.1, -0.05) is 17.3 Å². The van der Waals surface area contributed by atoms with Gasteiger partial charge in [0.2, 0.25) is 0 Å². The van der Waals surface area contributed by atoms with E-state index in [4.69, 9.17) is 9.47 Å². The second-order valence-corrected chi connectivity index (χ2v) is 6.86. The number of aliphatic hydroxyl groups is 4. The lowest BCUT2D eigenvalue weighted by Gasteiger charge is -2.39. The van der Waals surface area contributed by atoms with Gasteiger partial charge in [-0.2, -0.15) is 0 Å². The molecule has 4 N–H and O–H groups in total. The number of rotatable bonds is 8. The molecule has 1 aromatic heterocycles. The maximum absolute atomic E-state index is 11.1. The van der Waals surface area contributed by atoms with E-state index in [1.807, 2.05) is 0 Å². The molecule has 0 aliphatic carbocycles. The summed E-state index contributed by atoms with van der Waals surface area (Å²) in [4.78, 5) is 11.1. The van der Waals surface area contributed by atoms with Crippen LogP contribution >= 0.6 is 0 Å². The van der Waals surface area contributed by atoms with E-state index in [0.717, 1.165) is 0 Å². The maximum atomic E-state index is 11.1. The average Bonchev–Trinajstić information content (AvgIpc) is 3.25. The molecule has 11 heteroatoms. The Hall–Kier alpha value is -2.57.